The van der Waals surface area contributed by atoms with Gasteiger partial charge in [0.15, 0.2) is 0 Å². The minimum absolute atomic E-state index is 0.0673. The van der Waals surface area contributed by atoms with E-state index in [1.165, 1.54) is 0 Å². The van der Waals surface area contributed by atoms with Crippen molar-refractivity contribution < 1.29 is 4.79 Å². The van der Waals surface area contributed by atoms with Crippen molar-refractivity contribution in [3.63, 3.8) is 0 Å². The highest BCUT2D eigenvalue weighted by atomic mass is 32.1. The highest BCUT2D eigenvalue weighted by Crippen LogP contribution is 2.20. The Bertz CT molecular complexity index is 258. The molecule has 0 bridgehead atoms. The van der Waals surface area contributed by atoms with E-state index in [2.05, 4.69) is 4.98 Å². The lowest BCUT2D eigenvalue weighted by Gasteiger charge is -2.21. The van der Waals surface area contributed by atoms with Crippen LogP contribution in [0.25, 0.3) is 0 Å². The van der Waals surface area contributed by atoms with Gasteiger partial charge in [0.25, 0.3) is 0 Å². The van der Waals surface area contributed by atoms with Gasteiger partial charge in [-0.15, -0.1) is 11.3 Å². The number of carbonyl (C=O) groups is 1. The monoisotopic (exact) mass is 184 g/mol. The molecule has 1 heterocycles. The molecule has 0 aliphatic carbocycles. The maximum absolute atomic E-state index is 11.0. The summed E-state index contributed by atoms with van der Waals surface area (Å²) >= 11 is 1.57. The Kier molecular flexibility index (Phi) is 2.81. The van der Waals surface area contributed by atoms with E-state index in [0.29, 0.717) is 0 Å². The van der Waals surface area contributed by atoms with E-state index in [-0.39, 0.29) is 11.9 Å². The van der Waals surface area contributed by atoms with Crippen LogP contribution in [0, 0.1) is 0 Å². The molecule has 1 amide bonds. The molecule has 0 aliphatic heterocycles. The van der Waals surface area contributed by atoms with Crippen LogP contribution < -0.4 is 0 Å². The van der Waals surface area contributed by atoms with Crippen LogP contribution >= 0.6 is 11.3 Å². The maximum Gasteiger partial charge on any atom is 0.219 e. The highest BCUT2D eigenvalue weighted by molar-refractivity contribution is 7.09. The van der Waals surface area contributed by atoms with Crippen molar-refractivity contribution >= 4 is 17.2 Å². The predicted molar refractivity (Wildman–Crippen MR) is 49.0 cm³/mol. The van der Waals surface area contributed by atoms with E-state index in [0.717, 1.165) is 5.01 Å². The Morgan fingerprint density at radius 1 is 1.75 bits per heavy atom. The van der Waals surface area contributed by atoms with Gasteiger partial charge in [0.2, 0.25) is 5.91 Å². The van der Waals surface area contributed by atoms with Gasteiger partial charge >= 0.3 is 0 Å². The summed E-state index contributed by atoms with van der Waals surface area (Å²) < 4.78 is 0. The van der Waals surface area contributed by atoms with Crippen molar-refractivity contribution in [2.75, 3.05) is 7.05 Å². The van der Waals surface area contributed by atoms with Crippen molar-refractivity contribution in [2.45, 2.75) is 19.9 Å². The van der Waals surface area contributed by atoms with E-state index in [4.69, 9.17) is 0 Å². The molecule has 0 saturated heterocycles. The van der Waals surface area contributed by atoms with Gasteiger partial charge in [-0.1, -0.05) is 0 Å². The summed E-state index contributed by atoms with van der Waals surface area (Å²) in [6.07, 6.45) is 1.75. The number of rotatable bonds is 2. The van der Waals surface area contributed by atoms with E-state index >= 15 is 0 Å². The lowest BCUT2D eigenvalue weighted by Crippen LogP contribution is -2.26. The predicted octanol–water partition coefficient (Wildman–Crippen LogP) is 1.68. The lowest BCUT2D eigenvalue weighted by atomic mass is 10.3. The minimum Gasteiger partial charge on any atom is -0.337 e. The summed E-state index contributed by atoms with van der Waals surface area (Å²) in [4.78, 5) is 16.8. The number of carbonyl (C=O) groups excluding carboxylic acids is 1. The third kappa shape index (κ3) is 1.82. The molecule has 0 radical (unpaired) electrons. The number of nitrogens with zero attached hydrogens (tertiary/aromatic N) is 2. The first-order valence-electron chi connectivity index (χ1n) is 3.75. The first kappa shape index (κ1) is 9.19. The molecule has 4 heteroatoms. The van der Waals surface area contributed by atoms with Crippen LogP contribution in [0.3, 0.4) is 0 Å². The summed E-state index contributed by atoms with van der Waals surface area (Å²) in [6, 6.07) is 0.0856. The molecule has 1 aromatic rings. The Hall–Kier alpha value is -0.900. The van der Waals surface area contributed by atoms with Crippen molar-refractivity contribution in [3.8, 4) is 0 Å². The number of hydrogen-bond donors (Lipinski definition) is 0. The zero-order chi connectivity index (χ0) is 9.14. The molecule has 66 valence electrons. The maximum atomic E-state index is 11.0. The molecule has 0 N–H and O–H groups in total. The fourth-order valence-electron chi connectivity index (χ4n) is 0.879. The van der Waals surface area contributed by atoms with Crippen molar-refractivity contribution in [1.82, 2.24) is 9.88 Å². The second kappa shape index (κ2) is 3.67. The molecular weight excluding hydrogens is 172 g/mol. The van der Waals surface area contributed by atoms with Crippen LogP contribution in [0.4, 0.5) is 0 Å². The number of amides is 1. The number of aromatic nitrogens is 1. The standard InChI is InChI=1S/C8H12N2OS/c1-6(10(3)7(2)11)8-9-4-5-12-8/h4-6H,1-3H3. The third-order valence-corrected chi connectivity index (χ3v) is 2.83. The van der Waals surface area contributed by atoms with E-state index in [1.807, 2.05) is 12.3 Å². The van der Waals surface area contributed by atoms with Gasteiger partial charge in [-0.2, -0.15) is 0 Å². The summed E-state index contributed by atoms with van der Waals surface area (Å²) in [5.74, 6) is 0.0673. The molecule has 1 rings (SSSR count). The lowest BCUT2D eigenvalue weighted by molar-refractivity contribution is -0.129. The SMILES string of the molecule is CC(=O)N(C)C(C)c1nccs1. The first-order chi connectivity index (χ1) is 5.63. The molecule has 1 aromatic heterocycles. The van der Waals surface area contributed by atoms with Crippen LogP contribution in [-0.4, -0.2) is 22.8 Å². The topological polar surface area (TPSA) is 33.2 Å². The summed E-state index contributed by atoms with van der Waals surface area (Å²) in [5, 5.41) is 2.90. The van der Waals surface area contributed by atoms with E-state index in [9.17, 15) is 4.79 Å². The molecule has 0 spiro atoms. The Labute approximate surface area is 76.0 Å². The van der Waals surface area contributed by atoms with E-state index in [1.54, 1.807) is 36.4 Å². The highest BCUT2D eigenvalue weighted by Gasteiger charge is 2.15. The van der Waals surface area contributed by atoms with E-state index < -0.39 is 0 Å². The zero-order valence-electron chi connectivity index (χ0n) is 7.44. The molecule has 1 atom stereocenters. The average molecular weight is 184 g/mol. The van der Waals surface area contributed by atoms with Crippen LogP contribution in [0.1, 0.15) is 24.9 Å². The van der Waals surface area contributed by atoms with Crippen molar-refractivity contribution in [2.24, 2.45) is 0 Å². The molecule has 0 aromatic carbocycles. The van der Waals surface area contributed by atoms with Gasteiger partial charge in [-0.3, -0.25) is 4.79 Å². The largest absolute Gasteiger partial charge is 0.337 e. The van der Waals surface area contributed by atoms with Gasteiger partial charge in [-0.25, -0.2) is 4.98 Å². The zero-order valence-corrected chi connectivity index (χ0v) is 8.26. The fraction of sp³-hybridized carbons (Fsp3) is 0.500. The van der Waals surface area contributed by atoms with Gasteiger partial charge < -0.3 is 4.90 Å². The smallest absolute Gasteiger partial charge is 0.219 e. The molecule has 0 saturated carbocycles. The van der Waals surface area contributed by atoms with Crippen LogP contribution in [0.15, 0.2) is 11.6 Å². The molecule has 1 unspecified atom stereocenters. The normalized spacial score (nSPS) is 12.6. The van der Waals surface area contributed by atoms with Crippen LogP contribution in [0.5, 0.6) is 0 Å². The summed E-state index contributed by atoms with van der Waals surface area (Å²) in [5.41, 5.74) is 0. The van der Waals surface area contributed by atoms with Crippen molar-refractivity contribution in [3.05, 3.63) is 16.6 Å². The Morgan fingerprint density at radius 2 is 2.42 bits per heavy atom. The van der Waals surface area contributed by atoms with Gasteiger partial charge in [-0.05, 0) is 6.92 Å². The van der Waals surface area contributed by atoms with Crippen LogP contribution in [-0.2, 0) is 4.79 Å². The Morgan fingerprint density at radius 3 is 2.83 bits per heavy atom. The molecule has 0 aliphatic rings. The molecule has 12 heavy (non-hydrogen) atoms. The van der Waals surface area contributed by atoms with Gasteiger partial charge in [0, 0.05) is 25.5 Å². The number of thiazole rings is 1. The second-order valence-corrected chi connectivity index (χ2v) is 3.60. The second-order valence-electron chi connectivity index (χ2n) is 2.68. The van der Waals surface area contributed by atoms with Gasteiger partial charge in [0.05, 0.1) is 6.04 Å². The first-order valence-corrected chi connectivity index (χ1v) is 4.63. The minimum atomic E-state index is 0.0673. The molecule has 3 nitrogen and oxygen atoms in total. The molecular formula is C8H12N2OS. The third-order valence-electron chi connectivity index (χ3n) is 1.89. The fourth-order valence-corrected chi connectivity index (χ4v) is 1.62. The van der Waals surface area contributed by atoms with Gasteiger partial charge in [0.1, 0.15) is 5.01 Å². The van der Waals surface area contributed by atoms with Crippen LogP contribution in [0.2, 0.25) is 0 Å². The Balaban J connectivity index is 2.71. The number of hydrogen-bond acceptors (Lipinski definition) is 3. The van der Waals surface area contributed by atoms with Crippen molar-refractivity contribution in [1.29, 1.82) is 0 Å². The summed E-state index contributed by atoms with van der Waals surface area (Å²) in [7, 11) is 1.79. The molecule has 0 fully saturated rings. The average Bonchev–Trinajstić information content (AvgIpc) is 2.53. The summed E-state index contributed by atoms with van der Waals surface area (Å²) in [6.45, 7) is 3.53. The quantitative estimate of drug-likeness (QED) is 0.700.